The first-order valence-electron chi connectivity index (χ1n) is 9.58. The molecule has 8 heteroatoms. The van der Waals surface area contributed by atoms with Gasteiger partial charge >= 0.3 is 5.97 Å². The third-order valence-electron chi connectivity index (χ3n) is 5.49. The van der Waals surface area contributed by atoms with Crippen LogP contribution in [-0.2, 0) is 17.3 Å². The van der Waals surface area contributed by atoms with Crippen LogP contribution in [0.3, 0.4) is 0 Å². The number of allylic oxidation sites excluding steroid dienone is 1. The first kappa shape index (κ1) is 19.3. The zero-order valence-corrected chi connectivity index (χ0v) is 17.6. The smallest absolute Gasteiger partial charge is 0.339 e. The number of rotatable bonds is 3. The SMILES string of the molecule is Cc1cc2nc3n(c2cc1C)C/C(=C/c1ccc(-c2ccc(O)c(C(=O)O)c2)o1)S3=O. The lowest BCUT2D eigenvalue weighted by Crippen LogP contribution is -1.96. The molecular weight excluding hydrogens is 416 g/mol. The number of carbonyl (C=O) groups is 1. The van der Waals surface area contributed by atoms with Crippen LogP contribution in [0.15, 0.2) is 56.9 Å². The number of fused-ring (bicyclic) bond motifs is 3. The highest BCUT2D eigenvalue weighted by Crippen LogP contribution is 2.33. The molecule has 1 atom stereocenters. The molecule has 7 nitrogen and oxygen atoms in total. The molecule has 1 aliphatic heterocycles. The predicted molar refractivity (Wildman–Crippen MR) is 116 cm³/mol. The topological polar surface area (TPSA) is 106 Å². The van der Waals surface area contributed by atoms with Crippen LogP contribution >= 0.6 is 0 Å². The van der Waals surface area contributed by atoms with E-state index >= 15 is 0 Å². The summed E-state index contributed by atoms with van der Waals surface area (Å²) in [6.45, 7) is 4.53. The average Bonchev–Trinajstić information content (AvgIpc) is 3.40. The van der Waals surface area contributed by atoms with E-state index in [2.05, 4.69) is 11.1 Å². The maximum absolute atomic E-state index is 13.0. The number of carboxylic acids is 1. The van der Waals surface area contributed by atoms with Crippen LogP contribution < -0.4 is 0 Å². The van der Waals surface area contributed by atoms with Crippen molar-refractivity contribution in [3.05, 3.63) is 69.8 Å². The van der Waals surface area contributed by atoms with Gasteiger partial charge in [-0.2, -0.15) is 0 Å². The number of aryl methyl sites for hydroxylation is 2. The Labute approximate surface area is 179 Å². The maximum atomic E-state index is 13.0. The monoisotopic (exact) mass is 434 g/mol. The normalized spacial score (nSPS) is 16.8. The minimum atomic E-state index is -1.39. The molecule has 2 aromatic carbocycles. The highest BCUT2D eigenvalue weighted by molar-refractivity contribution is 7.89. The number of hydrogen-bond acceptors (Lipinski definition) is 5. The molecule has 2 aromatic heterocycles. The van der Waals surface area contributed by atoms with Crippen molar-refractivity contribution in [1.82, 2.24) is 9.55 Å². The summed E-state index contributed by atoms with van der Waals surface area (Å²) in [6, 6.07) is 11.8. The Morgan fingerprint density at radius 1 is 1.16 bits per heavy atom. The van der Waals surface area contributed by atoms with Gasteiger partial charge in [-0.25, -0.2) is 14.0 Å². The highest BCUT2D eigenvalue weighted by Gasteiger charge is 2.28. The van der Waals surface area contributed by atoms with E-state index in [1.807, 2.05) is 24.5 Å². The molecule has 0 fully saturated rings. The molecule has 4 aromatic rings. The molecule has 156 valence electrons. The fourth-order valence-electron chi connectivity index (χ4n) is 3.69. The van der Waals surface area contributed by atoms with Crippen LogP contribution in [0.1, 0.15) is 27.2 Å². The van der Waals surface area contributed by atoms with E-state index in [1.165, 1.54) is 12.1 Å². The average molecular weight is 434 g/mol. The lowest BCUT2D eigenvalue weighted by Gasteiger charge is -2.03. The molecule has 5 rings (SSSR count). The molecule has 0 saturated heterocycles. The van der Waals surface area contributed by atoms with Crippen molar-refractivity contribution in [2.24, 2.45) is 0 Å². The molecule has 0 radical (unpaired) electrons. The summed E-state index contributed by atoms with van der Waals surface area (Å²) in [5.41, 5.74) is 4.43. The molecule has 31 heavy (non-hydrogen) atoms. The van der Waals surface area contributed by atoms with Gasteiger partial charge in [-0.15, -0.1) is 0 Å². The number of hydrogen-bond donors (Lipinski definition) is 2. The third kappa shape index (κ3) is 3.16. The van der Waals surface area contributed by atoms with Crippen molar-refractivity contribution in [2.45, 2.75) is 25.5 Å². The van der Waals surface area contributed by atoms with Gasteiger partial charge < -0.3 is 19.2 Å². The number of furan rings is 1. The van der Waals surface area contributed by atoms with Crippen molar-refractivity contribution in [3.8, 4) is 17.1 Å². The molecular formula is C23H18N2O5S. The summed E-state index contributed by atoms with van der Waals surface area (Å²) < 4.78 is 20.8. The number of imidazole rings is 1. The summed E-state index contributed by atoms with van der Waals surface area (Å²) in [6.07, 6.45) is 1.74. The van der Waals surface area contributed by atoms with Crippen LogP contribution in [0.4, 0.5) is 0 Å². The molecule has 0 bridgehead atoms. The van der Waals surface area contributed by atoms with E-state index in [1.54, 1.807) is 24.3 Å². The second-order valence-corrected chi connectivity index (χ2v) is 8.95. The van der Waals surface area contributed by atoms with Gasteiger partial charge in [-0.1, -0.05) is 0 Å². The fraction of sp³-hybridized carbons (Fsp3) is 0.130. The Morgan fingerprint density at radius 3 is 2.71 bits per heavy atom. The van der Waals surface area contributed by atoms with Crippen LogP contribution in [0.25, 0.3) is 28.4 Å². The van der Waals surface area contributed by atoms with Gasteiger partial charge in [0.25, 0.3) is 0 Å². The Kier molecular flexibility index (Phi) is 4.33. The number of aromatic nitrogens is 2. The quantitative estimate of drug-likeness (QED) is 0.493. The van der Waals surface area contributed by atoms with E-state index in [4.69, 9.17) is 4.42 Å². The van der Waals surface area contributed by atoms with Crippen molar-refractivity contribution in [3.63, 3.8) is 0 Å². The predicted octanol–water partition coefficient (Wildman–Crippen LogP) is 4.48. The van der Waals surface area contributed by atoms with Crippen LogP contribution in [0, 0.1) is 13.8 Å². The fourth-order valence-corrected chi connectivity index (χ4v) is 4.94. The van der Waals surface area contributed by atoms with Gasteiger partial charge in [0.05, 0.1) is 17.6 Å². The van der Waals surface area contributed by atoms with Gasteiger partial charge in [0.1, 0.15) is 33.6 Å². The Bertz CT molecular complexity index is 1440. The number of carboxylic acid groups (broad SMARTS) is 1. The number of phenols is 1. The van der Waals surface area contributed by atoms with E-state index in [9.17, 15) is 19.2 Å². The summed E-state index contributed by atoms with van der Waals surface area (Å²) in [5.74, 6) is -0.571. The van der Waals surface area contributed by atoms with E-state index in [0.29, 0.717) is 33.7 Å². The zero-order valence-electron chi connectivity index (χ0n) is 16.7. The Balaban J connectivity index is 1.48. The van der Waals surface area contributed by atoms with Crippen molar-refractivity contribution in [1.29, 1.82) is 0 Å². The van der Waals surface area contributed by atoms with Crippen LogP contribution in [0.5, 0.6) is 5.75 Å². The highest BCUT2D eigenvalue weighted by atomic mass is 32.2. The molecule has 3 heterocycles. The van der Waals surface area contributed by atoms with Crippen molar-refractivity contribution < 1.29 is 23.6 Å². The molecule has 1 aliphatic rings. The molecule has 2 N–H and O–H groups in total. The molecule has 0 saturated carbocycles. The zero-order chi connectivity index (χ0) is 21.9. The molecule has 0 amide bonds. The van der Waals surface area contributed by atoms with Gasteiger partial charge in [0.15, 0.2) is 0 Å². The number of nitrogens with zero attached hydrogens (tertiary/aromatic N) is 2. The minimum Gasteiger partial charge on any atom is -0.507 e. The standard InChI is InChI=1S/C23H18N2O5S/c1-12-7-18-19(8-13(12)2)25-11-16(31(29)23(25)24-18)10-15-4-6-21(30-15)14-3-5-20(26)17(9-14)22(27)28/h3-10,26H,11H2,1-2H3,(H,27,28)/b16-10-. The van der Waals surface area contributed by atoms with Gasteiger partial charge in [-0.3, -0.25) is 0 Å². The van der Waals surface area contributed by atoms with Crippen LogP contribution in [0.2, 0.25) is 0 Å². The van der Waals surface area contributed by atoms with Crippen molar-refractivity contribution in [2.75, 3.05) is 0 Å². The molecule has 1 unspecified atom stereocenters. The maximum Gasteiger partial charge on any atom is 0.339 e. The second-order valence-electron chi connectivity index (χ2n) is 7.52. The van der Waals surface area contributed by atoms with E-state index in [-0.39, 0.29) is 11.3 Å². The molecule has 0 aliphatic carbocycles. The first-order chi connectivity index (χ1) is 14.8. The lowest BCUT2D eigenvalue weighted by molar-refractivity contribution is 0.0694. The Morgan fingerprint density at radius 2 is 1.94 bits per heavy atom. The number of aromatic hydroxyl groups is 1. The van der Waals surface area contributed by atoms with Crippen LogP contribution in [-0.4, -0.2) is 29.9 Å². The van der Waals surface area contributed by atoms with Gasteiger partial charge in [-0.05, 0) is 73.5 Å². The summed E-state index contributed by atoms with van der Waals surface area (Å²) in [5, 5.41) is 19.4. The number of benzene rings is 2. The second kappa shape index (κ2) is 6.95. The van der Waals surface area contributed by atoms with Crippen molar-refractivity contribution >= 4 is 33.9 Å². The summed E-state index contributed by atoms with van der Waals surface area (Å²) >= 11 is 0. The molecule has 0 spiro atoms. The van der Waals surface area contributed by atoms with Gasteiger partial charge in [0.2, 0.25) is 5.16 Å². The van der Waals surface area contributed by atoms with E-state index in [0.717, 1.165) is 22.2 Å². The number of aromatic carboxylic acids is 1. The minimum absolute atomic E-state index is 0.200. The Hall–Kier alpha value is -3.65. The van der Waals surface area contributed by atoms with Gasteiger partial charge in [0, 0.05) is 10.5 Å². The third-order valence-corrected chi connectivity index (χ3v) is 6.85. The summed E-state index contributed by atoms with van der Waals surface area (Å²) in [7, 11) is -1.39. The summed E-state index contributed by atoms with van der Waals surface area (Å²) in [4.78, 5) is 16.5. The lowest BCUT2D eigenvalue weighted by atomic mass is 10.1. The first-order valence-corrected chi connectivity index (χ1v) is 10.7. The van der Waals surface area contributed by atoms with E-state index < -0.39 is 16.8 Å². The largest absolute Gasteiger partial charge is 0.507 e.